The lowest BCUT2D eigenvalue weighted by Crippen LogP contribution is -2.61. The van der Waals surface area contributed by atoms with Gasteiger partial charge in [0.1, 0.15) is 12.4 Å². The van der Waals surface area contributed by atoms with Gasteiger partial charge in [0.05, 0.1) is 5.54 Å². The lowest BCUT2D eigenvalue weighted by Gasteiger charge is -2.44. The van der Waals surface area contributed by atoms with Crippen LogP contribution in [-0.4, -0.2) is 24.1 Å². The van der Waals surface area contributed by atoms with Gasteiger partial charge in [0, 0.05) is 17.1 Å². The van der Waals surface area contributed by atoms with E-state index < -0.39 is 0 Å². The van der Waals surface area contributed by atoms with E-state index in [0.29, 0.717) is 18.2 Å². The molecule has 0 spiro atoms. The molecule has 0 aromatic heterocycles. The van der Waals surface area contributed by atoms with Crippen molar-refractivity contribution in [2.75, 3.05) is 6.61 Å². The topological polar surface area (TPSA) is 50.4 Å². The Balaban J connectivity index is 1.33. The smallest absolute Gasteiger partial charge is 0.252 e. The first-order valence-corrected chi connectivity index (χ1v) is 11.2. The summed E-state index contributed by atoms with van der Waals surface area (Å²) in [6.07, 6.45) is 3.02. The normalized spacial score (nSPS) is 20.7. The molecule has 4 nitrogen and oxygen atoms in total. The molecule has 31 heavy (non-hydrogen) atoms. The fraction of sp³-hybridized carbons (Fsp3) is 0.370. The fourth-order valence-electron chi connectivity index (χ4n) is 4.89. The van der Waals surface area contributed by atoms with Crippen molar-refractivity contribution in [1.29, 1.82) is 0 Å². The molecule has 1 atom stereocenters. The van der Waals surface area contributed by atoms with E-state index in [1.54, 1.807) is 0 Å². The molecular weight excluding hydrogens is 384 g/mol. The minimum Gasteiger partial charge on any atom is -0.492 e. The summed E-state index contributed by atoms with van der Waals surface area (Å²) in [6.45, 7) is 6.99. The van der Waals surface area contributed by atoms with Crippen molar-refractivity contribution in [2.45, 2.75) is 57.2 Å². The third-order valence-electron chi connectivity index (χ3n) is 6.66. The molecule has 1 heterocycles. The van der Waals surface area contributed by atoms with E-state index in [1.807, 2.05) is 25.1 Å². The Bertz CT molecular complexity index is 1130. The summed E-state index contributed by atoms with van der Waals surface area (Å²) < 4.78 is 5.99. The van der Waals surface area contributed by atoms with Crippen LogP contribution in [0.4, 0.5) is 0 Å². The number of ether oxygens (including phenoxy) is 1. The maximum Gasteiger partial charge on any atom is 0.252 e. The van der Waals surface area contributed by atoms with E-state index in [0.717, 1.165) is 30.6 Å². The van der Waals surface area contributed by atoms with Gasteiger partial charge in [-0.05, 0) is 74.1 Å². The van der Waals surface area contributed by atoms with Gasteiger partial charge in [0.2, 0.25) is 0 Å². The Kier molecular flexibility index (Phi) is 4.78. The van der Waals surface area contributed by atoms with Crippen LogP contribution in [0.25, 0.3) is 10.8 Å². The van der Waals surface area contributed by atoms with Crippen LogP contribution < -0.4 is 15.4 Å². The number of carbonyl (C=O) groups excluding carboxylic acids is 1. The summed E-state index contributed by atoms with van der Waals surface area (Å²) in [5.74, 6) is 0.716. The molecule has 3 aromatic carbocycles. The molecule has 1 unspecified atom stereocenters. The summed E-state index contributed by atoms with van der Waals surface area (Å²) in [7, 11) is 0. The number of nitrogens with one attached hydrogen (secondary N) is 2. The predicted octanol–water partition coefficient (Wildman–Crippen LogP) is 5.09. The molecule has 0 bridgehead atoms. The molecule has 160 valence electrons. The van der Waals surface area contributed by atoms with Crippen LogP contribution in [0.2, 0.25) is 0 Å². The molecule has 2 N–H and O–H groups in total. The molecule has 4 heteroatoms. The third-order valence-corrected chi connectivity index (χ3v) is 6.66. The van der Waals surface area contributed by atoms with Crippen LogP contribution in [0.5, 0.6) is 5.75 Å². The van der Waals surface area contributed by atoms with Gasteiger partial charge in [-0.25, -0.2) is 0 Å². The highest BCUT2D eigenvalue weighted by atomic mass is 16.5. The van der Waals surface area contributed by atoms with Crippen LogP contribution in [0, 0.1) is 6.92 Å². The van der Waals surface area contributed by atoms with E-state index >= 15 is 0 Å². The third kappa shape index (κ3) is 3.92. The zero-order chi connectivity index (χ0) is 21.6. The molecular formula is C27H30N2O2. The zero-order valence-corrected chi connectivity index (χ0v) is 18.5. The molecule has 2 aliphatic rings. The molecule has 1 amide bonds. The summed E-state index contributed by atoms with van der Waals surface area (Å²) in [6, 6.07) is 20.9. The van der Waals surface area contributed by atoms with Gasteiger partial charge in [0.15, 0.2) is 0 Å². The molecule has 1 saturated carbocycles. The second-order valence-corrected chi connectivity index (χ2v) is 9.78. The van der Waals surface area contributed by atoms with Crippen molar-refractivity contribution in [3.8, 4) is 5.75 Å². The number of amides is 1. The van der Waals surface area contributed by atoms with Gasteiger partial charge in [-0.15, -0.1) is 0 Å². The first-order valence-electron chi connectivity index (χ1n) is 11.2. The molecule has 1 aliphatic carbocycles. The Hall–Kier alpha value is -2.85. The molecule has 5 rings (SSSR count). The first kappa shape index (κ1) is 20.1. The van der Waals surface area contributed by atoms with E-state index in [9.17, 15) is 4.79 Å². The van der Waals surface area contributed by atoms with Crippen molar-refractivity contribution in [3.05, 3.63) is 77.4 Å². The van der Waals surface area contributed by atoms with Gasteiger partial charge in [-0.3, -0.25) is 4.79 Å². The highest BCUT2D eigenvalue weighted by molar-refractivity contribution is 5.97. The standard InChI is InChI=1S/C27H30N2O2/c1-18-11-12-21(31-17-20-16-26(2,3)28-20)15-23(18)25(30)29-27(13-14-27)24-10-6-8-19-7-4-5-9-22(19)24/h4-12,15,20,28H,13-14,16-17H2,1-3H3,(H,29,30). The van der Waals surface area contributed by atoms with Gasteiger partial charge < -0.3 is 15.4 Å². The monoisotopic (exact) mass is 414 g/mol. The highest BCUT2D eigenvalue weighted by Gasteiger charge is 2.46. The second-order valence-electron chi connectivity index (χ2n) is 9.78. The minimum absolute atomic E-state index is 0.0312. The number of hydrogen-bond acceptors (Lipinski definition) is 3. The van der Waals surface area contributed by atoms with Crippen LogP contribution >= 0.6 is 0 Å². The zero-order valence-electron chi connectivity index (χ0n) is 18.5. The Morgan fingerprint density at radius 3 is 2.58 bits per heavy atom. The van der Waals surface area contributed by atoms with Crippen LogP contribution in [-0.2, 0) is 5.54 Å². The molecule has 3 aromatic rings. The second kappa shape index (κ2) is 7.38. The van der Waals surface area contributed by atoms with E-state index in [2.05, 4.69) is 66.9 Å². The fourth-order valence-corrected chi connectivity index (χ4v) is 4.89. The van der Waals surface area contributed by atoms with Crippen LogP contribution in [0.15, 0.2) is 60.7 Å². The number of benzene rings is 3. The van der Waals surface area contributed by atoms with Crippen LogP contribution in [0.1, 0.15) is 54.6 Å². The Labute approximate surface area is 184 Å². The van der Waals surface area contributed by atoms with E-state index in [1.165, 1.54) is 16.3 Å². The summed E-state index contributed by atoms with van der Waals surface area (Å²) in [4.78, 5) is 13.3. The maximum absolute atomic E-state index is 13.3. The highest BCUT2D eigenvalue weighted by Crippen LogP contribution is 2.48. The van der Waals surface area contributed by atoms with Gasteiger partial charge in [-0.2, -0.15) is 0 Å². The minimum atomic E-state index is -0.275. The predicted molar refractivity (Wildman–Crippen MR) is 125 cm³/mol. The molecule has 0 radical (unpaired) electrons. The summed E-state index contributed by atoms with van der Waals surface area (Å²) in [5, 5.41) is 9.28. The Morgan fingerprint density at radius 2 is 1.84 bits per heavy atom. The van der Waals surface area contributed by atoms with Crippen molar-refractivity contribution < 1.29 is 9.53 Å². The van der Waals surface area contributed by atoms with Gasteiger partial charge in [0.25, 0.3) is 5.91 Å². The van der Waals surface area contributed by atoms with Crippen molar-refractivity contribution in [3.63, 3.8) is 0 Å². The van der Waals surface area contributed by atoms with Crippen molar-refractivity contribution >= 4 is 16.7 Å². The number of rotatable bonds is 6. The molecule has 1 aliphatic heterocycles. The van der Waals surface area contributed by atoms with Gasteiger partial charge >= 0.3 is 0 Å². The lowest BCUT2D eigenvalue weighted by atomic mass is 9.86. The number of hydrogen-bond donors (Lipinski definition) is 2. The number of fused-ring (bicyclic) bond motifs is 1. The van der Waals surface area contributed by atoms with Gasteiger partial charge in [-0.1, -0.05) is 48.5 Å². The summed E-state index contributed by atoms with van der Waals surface area (Å²) >= 11 is 0. The van der Waals surface area contributed by atoms with Crippen molar-refractivity contribution in [1.82, 2.24) is 10.6 Å². The maximum atomic E-state index is 13.3. The van der Waals surface area contributed by atoms with E-state index in [-0.39, 0.29) is 17.0 Å². The first-order chi connectivity index (χ1) is 14.9. The number of carbonyl (C=O) groups is 1. The Morgan fingerprint density at radius 1 is 1.10 bits per heavy atom. The quantitative estimate of drug-likeness (QED) is 0.591. The average molecular weight is 415 g/mol. The van der Waals surface area contributed by atoms with Crippen LogP contribution in [0.3, 0.4) is 0 Å². The average Bonchev–Trinajstić information content (AvgIpc) is 3.51. The lowest BCUT2D eigenvalue weighted by molar-refractivity contribution is 0.0929. The largest absolute Gasteiger partial charge is 0.492 e. The summed E-state index contributed by atoms with van der Waals surface area (Å²) in [5.41, 5.74) is 2.78. The molecule has 2 fully saturated rings. The SMILES string of the molecule is Cc1ccc(OCC2CC(C)(C)N2)cc1C(=O)NC1(c2cccc3ccccc23)CC1. The van der Waals surface area contributed by atoms with Crippen molar-refractivity contribution in [2.24, 2.45) is 0 Å². The number of aryl methyl sites for hydroxylation is 1. The van der Waals surface area contributed by atoms with E-state index in [4.69, 9.17) is 4.74 Å². The molecule has 1 saturated heterocycles.